The van der Waals surface area contributed by atoms with Crippen molar-refractivity contribution in [1.82, 2.24) is 4.98 Å². The van der Waals surface area contributed by atoms with Crippen LogP contribution in [0.2, 0.25) is 0 Å². The fourth-order valence-electron chi connectivity index (χ4n) is 2.17. The summed E-state index contributed by atoms with van der Waals surface area (Å²) < 4.78 is 38.6. The number of alkyl halides is 3. The SMILES string of the molecule is CCCCc1c(O)c2cccc(C(F)(F)F)c2[nH]c1=O. The first-order chi connectivity index (χ1) is 9.36. The molecule has 0 spiro atoms. The molecule has 108 valence electrons. The van der Waals surface area contributed by atoms with Crippen LogP contribution in [0, 0.1) is 0 Å². The summed E-state index contributed by atoms with van der Waals surface area (Å²) >= 11 is 0. The third-order valence-electron chi connectivity index (χ3n) is 3.20. The molecule has 1 aromatic carbocycles. The molecule has 0 unspecified atom stereocenters. The molecule has 0 aliphatic heterocycles. The van der Waals surface area contributed by atoms with Gasteiger partial charge in [0.2, 0.25) is 0 Å². The maximum atomic E-state index is 12.9. The molecular formula is C14H14F3NO2. The number of unbranched alkanes of at least 4 members (excludes halogenated alkanes) is 1. The number of pyridine rings is 1. The molecular weight excluding hydrogens is 271 g/mol. The van der Waals surface area contributed by atoms with E-state index in [0.29, 0.717) is 12.8 Å². The van der Waals surface area contributed by atoms with Crippen molar-refractivity contribution in [2.45, 2.75) is 32.4 Å². The van der Waals surface area contributed by atoms with E-state index in [1.165, 1.54) is 12.1 Å². The Labute approximate surface area is 113 Å². The Balaban J connectivity index is 2.73. The quantitative estimate of drug-likeness (QED) is 0.905. The molecule has 0 atom stereocenters. The van der Waals surface area contributed by atoms with Crippen LogP contribution in [0.25, 0.3) is 10.9 Å². The number of H-pyrrole nitrogens is 1. The minimum absolute atomic E-state index is 0.0190. The first kappa shape index (κ1) is 14.4. The fraction of sp³-hybridized carbons (Fsp3) is 0.357. The molecule has 0 aliphatic rings. The van der Waals surface area contributed by atoms with Crippen LogP contribution >= 0.6 is 0 Å². The molecule has 0 amide bonds. The normalized spacial score (nSPS) is 12.0. The van der Waals surface area contributed by atoms with E-state index in [4.69, 9.17) is 0 Å². The number of hydrogen-bond donors (Lipinski definition) is 2. The van der Waals surface area contributed by atoms with E-state index in [0.717, 1.165) is 12.5 Å². The molecule has 0 saturated carbocycles. The highest BCUT2D eigenvalue weighted by Crippen LogP contribution is 2.36. The maximum Gasteiger partial charge on any atom is 0.418 e. The number of aromatic hydroxyl groups is 1. The highest BCUT2D eigenvalue weighted by molar-refractivity contribution is 5.88. The smallest absolute Gasteiger partial charge is 0.418 e. The number of hydrogen-bond acceptors (Lipinski definition) is 2. The lowest BCUT2D eigenvalue weighted by atomic mass is 10.0. The minimum Gasteiger partial charge on any atom is -0.507 e. The van der Waals surface area contributed by atoms with Crippen LogP contribution < -0.4 is 5.56 Å². The number of para-hydroxylation sites is 1. The number of nitrogens with one attached hydrogen (secondary N) is 1. The van der Waals surface area contributed by atoms with E-state index < -0.39 is 17.3 Å². The second-order valence-corrected chi connectivity index (χ2v) is 4.61. The average Bonchev–Trinajstić information content (AvgIpc) is 2.37. The summed E-state index contributed by atoms with van der Waals surface area (Å²) in [6.07, 6.45) is -2.75. The summed E-state index contributed by atoms with van der Waals surface area (Å²) in [6, 6.07) is 3.46. The zero-order valence-electron chi connectivity index (χ0n) is 10.8. The number of halogens is 3. The van der Waals surface area contributed by atoms with E-state index in [2.05, 4.69) is 4.98 Å². The van der Waals surface area contributed by atoms with Crippen LogP contribution in [-0.2, 0) is 12.6 Å². The number of aromatic amines is 1. The van der Waals surface area contributed by atoms with Gasteiger partial charge in [-0.1, -0.05) is 19.4 Å². The van der Waals surface area contributed by atoms with Gasteiger partial charge in [0.25, 0.3) is 5.56 Å². The van der Waals surface area contributed by atoms with E-state index >= 15 is 0 Å². The first-order valence-corrected chi connectivity index (χ1v) is 6.30. The van der Waals surface area contributed by atoms with Gasteiger partial charge in [-0.05, 0) is 25.0 Å². The molecule has 20 heavy (non-hydrogen) atoms. The molecule has 6 heteroatoms. The van der Waals surface area contributed by atoms with Crippen molar-refractivity contribution >= 4 is 10.9 Å². The Morgan fingerprint density at radius 3 is 2.60 bits per heavy atom. The lowest BCUT2D eigenvalue weighted by molar-refractivity contribution is -0.136. The van der Waals surface area contributed by atoms with Gasteiger partial charge in [0.05, 0.1) is 16.6 Å². The minimum atomic E-state index is -4.58. The Morgan fingerprint density at radius 1 is 1.30 bits per heavy atom. The molecule has 1 heterocycles. The van der Waals surface area contributed by atoms with E-state index in [9.17, 15) is 23.1 Å². The van der Waals surface area contributed by atoms with Crippen LogP contribution in [0.3, 0.4) is 0 Å². The van der Waals surface area contributed by atoms with Gasteiger partial charge in [0.1, 0.15) is 5.75 Å². The molecule has 0 saturated heterocycles. The van der Waals surface area contributed by atoms with Crippen LogP contribution in [0.15, 0.2) is 23.0 Å². The van der Waals surface area contributed by atoms with Crippen molar-refractivity contribution in [2.24, 2.45) is 0 Å². The zero-order valence-corrected chi connectivity index (χ0v) is 10.8. The lowest BCUT2D eigenvalue weighted by Gasteiger charge is -2.12. The van der Waals surface area contributed by atoms with Gasteiger partial charge < -0.3 is 10.1 Å². The third-order valence-corrected chi connectivity index (χ3v) is 3.20. The van der Waals surface area contributed by atoms with E-state index in [1.54, 1.807) is 0 Å². The largest absolute Gasteiger partial charge is 0.507 e. The second-order valence-electron chi connectivity index (χ2n) is 4.61. The molecule has 3 nitrogen and oxygen atoms in total. The van der Waals surface area contributed by atoms with Crippen LogP contribution in [0.1, 0.15) is 30.9 Å². The van der Waals surface area contributed by atoms with Gasteiger partial charge in [-0.3, -0.25) is 4.79 Å². The highest BCUT2D eigenvalue weighted by atomic mass is 19.4. The lowest BCUT2D eigenvalue weighted by Crippen LogP contribution is -2.16. The number of rotatable bonds is 3. The Kier molecular flexibility index (Phi) is 3.74. The summed E-state index contributed by atoms with van der Waals surface area (Å²) in [7, 11) is 0. The van der Waals surface area contributed by atoms with Crippen LogP contribution in [-0.4, -0.2) is 10.1 Å². The number of aromatic nitrogens is 1. The van der Waals surface area contributed by atoms with Crippen LogP contribution in [0.4, 0.5) is 13.2 Å². The monoisotopic (exact) mass is 285 g/mol. The second kappa shape index (κ2) is 5.19. The Morgan fingerprint density at radius 2 is 2.00 bits per heavy atom. The predicted octanol–water partition coefficient (Wildman–Crippen LogP) is 3.60. The summed E-state index contributed by atoms with van der Waals surface area (Å²) in [5.74, 6) is -0.358. The van der Waals surface area contributed by atoms with Crippen LogP contribution in [0.5, 0.6) is 5.75 Å². The van der Waals surface area contributed by atoms with Crippen molar-refractivity contribution in [2.75, 3.05) is 0 Å². The number of fused-ring (bicyclic) bond motifs is 1. The van der Waals surface area contributed by atoms with Gasteiger partial charge in [0.15, 0.2) is 0 Å². The van der Waals surface area contributed by atoms with E-state index in [1.807, 2.05) is 6.92 Å². The van der Waals surface area contributed by atoms with Gasteiger partial charge in [-0.15, -0.1) is 0 Å². The Bertz CT molecular complexity index is 689. The van der Waals surface area contributed by atoms with Crippen molar-refractivity contribution < 1.29 is 18.3 Å². The van der Waals surface area contributed by atoms with Crippen molar-refractivity contribution in [3.8, 4) is 5.75 Å². The molecule has 2 rings (SSSR count). The summed E-state index contributed by atoms with van der Waals surface area (Å²) in [6.45, 7) is 1.92. The van der Waals surface area contributed by atoms with Gasteiger partial charge in [0, 0.05) is 5.39 Å². The van der Waals surface area contributed by atoms with Gasteiger partial charge >= 0.3 is 6.18 Å². The molecule has 2 N–H and O–H groups in total. The van der Waals surface area contributed by atoms with Crippen molar-refractivity contribution in [3.05, 3.63) is 39.7 Å². The van der Waals surface area contributed by atoms with Crippen molar-refractivity contribution in [3.63, 3.8) is 0 Å². The van der Waals surface area contributed by atoms with Crippen molar-refractivity contribution in [1.29, 1.82) is 0 Å². The summed E-state index contributed by atoms with van der Waals surface area (Å²) in [5.41, 5.74) is -1.86. The van der Waals surface area contributed by atoms with Gasteiger partial charge in [-0.25, -0.2) is 0 Å². The average molecular weight is 285 g/mol. The third kappa shape index (κ3) is 2.50. The molecule has 1 aromatic heterocycles. The van der Waals surface area contributed by atoms with Gasteiger partial charge in [-0.2, -0.15) is 13.2 Å². The molecule has 0 bridgehead atoms. The van der Waals surface area contributed by atoms with E-state index in [-0.39, 0.29) is 22.2 Å². The highest BCUT2D eigenvalue weighted by Gasteiger charge is 2.33. The molecule has 0 aliphatic carbocycles. The fourth-order valence-corrected chi connectivity index (χ4v) is 2.17. The topological polar surface area (TPSA) is 53.1 Å². The predicted molar refractivity (Wildman–Crippen MR) is 69.8 cm³/mol. The summed E-state index contributed by atoms with van der Waals surface area (Å²) in [4.78, 5) is 14.1. The molecule has 2 aromatic rings. The Hall–Kier alpha value is -1.98. The molecule has 0 radical (unpaired) electrons. The maximum absolute atomic E-state index is 12.9. The first-order valence-electron chi connectivity index (χ1n) is 6.30. The molecule has 0 fully saturated rings. The summed E-state index contributed by atoms with van der Waals surface area (Å²) in [5, 5.41) is 10.1. The standard InChI is InChI=1S/C14H14F3NO2/c1-2-3-5-9-12(19)8-6-4-7-10(14(15,16)17)11(8)18-13(9)20/h4,6-7H,2-3,5H2,1H3,(H2,18,19,20). The zero-order chi connectivity index (χ0) is 14.9. The number of benzene rings is 1.